The normalized spacial score (nSPS) is 13.2. The second kappa shape index (κ2) is 9.81. The fourth-order valence-electron chi connectivity index (χ4n) is 2.53. The first-order valence-corrected chi connectivity index (χ1v) is 9.48. The number of halogens is 3. The molecule has 0 radical (unpaired) electrons. The predicted octanol–water partition coefficient (Wildman–Crippen LogP) is 3.39. The molecule has 0 unspecified atom stereocenters. The first kappa shape index (κ1) is 24.5. The minimum absolute atomic E-state index is 0.152. The highest BCUT2D eigenvalue weighted by molar-refractivity contribution is 7.16. The highest BCUT2D eigenvalue weighted by Crippen LogP contribution is 2.40. The number of alkyl halides is 3. The molecular weight excluding hydrogens is 417 g/mol. The van der Waals surface area contributed by atoms with Crippen LogP contribution in [0.5, 0.6) is 0 Å². The zero-order chi connectivity index (χ0) is 22.4. The van der Waals surface area contributed by atoms with E-state index in [2.05, 4.69) is 14.2 Å². The molecular formula is C17H23F3N2O6S. The predicted molar refractivity (Wildman–Crippen MR) is 99.0 cm³/mol. The Bertz CT molecular complexity index is 765. The Morgan fingerprint density at radius 1 is 1.07 bits per heavy atom. The summed E-state index contributed by atoms with van der Waals surface area (Å²) in [6.07, 6.45) is -6.50. The Hall–Kier alpha value is -2.50. The Kier molecular flexibility index (Phi) is 8.30. The lowest BCUT2D eigenvalue weighted by Gasteiger charge is -2.34. The summed E-state index contributed by atoms with van der Waals surface area (Å²) in [4.78, 5) is 37.0. The fraction of sp³-hybridized carbons (Fsp3) is 0.588. The van der Waals surface area contributed by atoms with Crippen LogP contribution in [0.2, 0.25) is 0 Å². The van der Waals surface area contributed by atoms with Crippen LogP contribution >= 0.6 is 11.3 Å². The van der Waals surface area contributed by atoms with Gasteiger partial charge in [0.05, 0.1) is 25.9 Å². The highest BCUT2D eigenvalue weighted by Gasteiger charge is 2.64. The first-order chi connectivity index (χ1) is 13.5. The van der Waals surface area contributed by atoms with Crippen LogP contribution in [0, 0.1) is 6.92 Å². The van der Waals surface area contributed by atoms with Crippen LogP contribution in [0.3, 0.4) is 0 Å². The molecule has 29 heavy (non-hydrogen) atoms. The third kappa shape index (κ3) is 5.11. The van der Waals surface area contributed by atoms with Crippen molar-refractivity contribution in [2.45, 2.75) is 46.0 Å². The van der Waals surface area contributed by atoms with E-state index in [1.54, 1.807) is 13.8 Å². The number of methoxy groups -OCH3 is 1. The largest absolute Gasteiger partial charge is 0.465 e. The van der Waals surface area contributed by atoms with Crippen LogP contribution in [0.1, 0.15) is 41.6 Å². The molecule has 0 aliphatic carbocycles. The van der Waals surface area contributed by atoms with Crippen LogP contribution in [-0.2, 0) is 25.4 Å². The molecule has 1 heterocycles. The van der Waals surface area contributed by atoms with E-state index in [0.29, 0.717) is 16.9 Å². The number of anilines is 1. The van der Waals surface area contributed by atoms with Gasteiger partial charge < -0.3 is 19.5 Å². The van der Waals surface area contributed by atoms with Gasteiger partial charge in [-0.25, -0.2) is 14.4 Å². The van der Waals surface area contributed by atoms with E-state index in [1.807, 2.05) is 5.32 Å². The average Bonchev–Trinajstić information content (AvgIpc) is 2.94. The van der Waals surface area contributed by atoms with Crippen molar-refractivity contribution in [3.05, 3.63) is 16.0 Å². The van der Waals surface area contributed by atoms with Gasteiger partial charge in [-0.2, -0.15) is 13.2 Å². The minimum atomic E-state index is -5.34. The molecule has 1 aromatic rings. The molecule has 1 amide bonds. The molecule has 164 valence electrons. The van der Waals surface area contributed by atoms with Gasteiger partial charge in [-0.05, 0) is 32.8 Å². The lowest BCUT2D eigenvalue weighted by atomic mass is 10.1. The zero-order valence-corrected chi connectivity index (χ0v) is 17.4. The molecule has 0 spiro atoms. The van der Waals surface area contributed by atoms with E-state index in [0.717, 1.165) is 18.4 Å². The molecule has 0 saturated heterocycles. The lowest BCUT2D eigenvalue weighted by Crippen LogP contribution is -2.69. The van der Waals surface area contributed by atoms with Gasteiger partial charge in [0.2, 0.25) is 0 Å². The summed E-state index contributed by atoms with van der Waals surface area (Å²) >= 11 is 0.816. The first-order valence-electron chi connectivity index (χ1n) is 8.66. The lowest BCUT2D eigenvalue weighted by molar-refractivity contribution is -0.205. The molecule has 0 bridgehead atoms. The number of rotatable bonds is 8. The van der Waals surface area contributed by atoms with Gasteiger partial charge in [-0.3, -0.25) is 5.32 Å². The maximum atomic E-state index is 14.1. The average molecular weight is 440 g/mol. The van der Waals surface area contributed by atoms with Crippen molar-refractivity contribution in [3.8, 4) is 0 Å². The van der Waals surface area contributed by atoms with Gasteiger partial charge in [0, 0.05) is 4.88 Å². The van der Waals surface area contributed by atoms with Crippen LogP contribution in [-0.4, -0.2) is 50.2 Å². The highest BCUT2D eigenvalue weighted by atomic mass is 32.1. The summed E-state index contributed by atoms with van der Waals surface area (Å²) in [6, 6.07) is 0. The van der Waals surface area contributed by atoms with Gasteiger partial charge in [-0.15, -0.1) is 11.3 Å². The van der Waals surface area contributed by atoms with E-state index in [1.165, 1.54) is 19.2 Å². The number of hydrogen-bond acceptors (Lipinski definition) is 8. The second-order valence-electron chi connectivity index (χ2n) is 5.62. The van der Waals surface area contributed by atoms with Gasteiger partial charge in [-0.1, -0.05) is 6.92 Å². The fourth-order valence-corrected chi connectivity index (χ4v) is 3.72. The molecule has 0 aliphatic heterocycles. The number of alkyl carbamates (subject to hydrolysis) is 1. The minimum Gasteiger partial charge on any atom is -0.465 e. The molecule has 1 aromatic heterocycles. The Labute approximate surface area is 169 Å². The third-order valence-electron chi connectivity index (χ3n) is 3.82. The Balaban J connectivity index is 3.65. The van der Waals surface area contributed by atoms with Crippen molar-refractivity contribution in [3.63, 3.8) is 0 Å². The van der Waals surface area contributed by atoms with Crippen LogP contribution in [0.15, 0.2) is 0 Å². The van der Waals surface area contributed by atoms with Crippen LogP contribution < -0.4 is 10.6 Å². The number of thiophene rings is 1. The number of esters is 2. The standard InChI is InChI=1S/C17H23F3N2O6S/c1-6-10-9(4)29-12(11(10)13(23)26-5)21-16(17(18,19)20,14(24)27-7-2)22-15(25)28-8-3/h21H,6-8H2,1-5H3,(H,22,25)/t16-/m1/s1. The summed E-state index contributed by atoms with van der Waals surface area (Å²) in [5.74, 6) is -2.69. The van der Waals surface area contributed by atoms with Gasteiger partial charge in [0.1, 0.15) is 5.00 Å². The smallest absolute Gasteiger partial charge is 0.442 e. The number of hydrogen-bond donors (Lipinski definition) is 2. The summed E-state index contributed by atoms with van der Waals surface area (Å²) in [5.41, 5.74) is -3.37. The Morgan fingerprint density at radius 3 is 2.10 bits per heavy atom. The van der Waals surface area contributed by atoms with Gasteiger partial charge >= 0.3 is 29.9 Å². The van der Waals surface area contributed by atoms with E-state index >= 15 is 0 Å². The van der Waals surface area contributed by atoms with Crippen molar-refractivity contribution in [2.75, 3.05) is 25.6 Å². The summed E-state index contributed by atoms with van der Waals surface area (Å²) < 4.78 is 56.1. The molecule has 1 rings (SSSR count). The van der Waals surface area contributed by atoms with Crippen molar-refractivity contribution in [1.29, 1.82) is 0 Å². The summed E-state index contributed by atoms with van der Waals surface area (Å²) in [6.45, 7) is 5.42. The SMILES string of the molecule is CCOC(=O)N[C@](Nc1sc(C)c(CC)c1C(=O)OC)(C(=O)OCC)C(F)(F)F. The summed E-state index contributed by atoms with van der Waals surface area (Å²) in [5, 5.41) is 3.21. The number of carbonyl (C=O) groups is 3. The van der Waals surface area contributed by atoms with E-state index in [4.69, 9.17) is 0 Å². The third-order valence-corrected chi connectivity index (χ3v) is 4.89. The van der Waals surface area contributed by atoms with E-state index in [9.17, 15) is 27.6 Å². The van der Waals surface area contributed by atoms with Crippen LogP contribution in [0.4, 0.5) is 23.0 Å². The number of amides is 1. The maximum Gasteiger partial charge on any atom is 0.442 e. The molecule has 0 fully saturated rings. The topological polar surface area (TPSA) is 103 Å². The van der Waals surface area contributed by atoms with Crippen molar-refractivity contribution in [2.24, 2.45) is 0 Å². The van der Waals surface area contributed by atoms with Gasteiger partial charge in [0.15, 0.2) is 0 Å². The van der Waals surface area contributed by atoms with Crippen LogP contribution in [0.25, 0.3) is 0 Å². The zero-order valence-electron chi connectivity index (χ0n) is 16.6. The molecule has 1 atom stereocenters. The molecule has 12 heteroatoms. The molecule has 0 saturated carbocycles. The van der Waals surface area contributed by atoms with Gasteiger partial charge in [0.25, 0.3) is 0 Å². The summed E-state index contributed by atoms with van der Waals surface area (Å²) in [7, 11) is 1.08. The van der Waals surface area contributed by atoms with E-state index in [-0.39, 0.29) is 23.8 Å². The second-order valence-corrected chi connectivity index (χ2v) is 6.85. The molecule has 2 N–H and O–H groups in total. The number of aryl methyl sites for hydroxylation is 1. The number of nitrogens with one attached hydrogen (secondary N) is 2. The Morgan fingerprint density at radius 2 is 1.66 bits per heavy atom. The molecule has 0 aliphatic rings. The number of carbonyl (C=O) groups excluding carboxylic acids is 3. The van der Waals surface area contributed by atoms with Crippen molar-refractivity contribution >= 4 is 34.4 Å². The van der Waals surface area contributed by atoms with Crippen molar-refractivity contribution in [1.82, 2.24) is 5.32 Å². The van der Waals surface area contributed by atoms with E-state index < -0.39 is 29.9 Å². The van der Waals surface area contributed by atoms with Crippen molar-refractivity contribution < 1.29 is 41.8 Å². The number of ether oxygens (including phenoxy) is 3. The molecule has 8 nitrogen and oxygen atoms in total. The quantitative estimate of drug-likeness (QED) is 0.363. The monoisotopic (exact) mass is 440 g/mol. The maximum absolute atomic E-state index is 14.1. The molecule has 0 aromatic carbocycles.